The van der Waals surface area contributed by atoms with E-state index in [2.05, 4.69) is 41.5 Å². The zero-order valence-electron chi connectivity index (χ0n) is 12.9. The molecule has 17 heavy (non-hydrogen) atoms. The summed E-state index contributed by atoms with van der Waals surface area (Å²) in [6.07, 6.45) is 5.84. The van der Waals surface area contributed by atoms with Crippen LogP contribution in [0.1, 0.15) is 67.2 Å². The van der Waals surface area contributed by atoms with Crippen molar-refractivity contribution in [1.82, 2.24) is 0 Å². The molecule has 0 spiro atoms. The van der Waals surface area contributed by atoms with E-state index < -0.39 is 0 Å². The molecule has 0 saturated heterocycles. The summed E-state index contributed by atoms with van der Waals surface area (Å²) in [7, 11) is 0. The van der Waals surface area contributed by atoms with Crippen molar-refractivity contribution in [3.8, 4) is 0 Å². The molecule has 4 unspecified atom stereocenters. The molecule has 0 aromatic carbocycles. The van der Waals surface area contributed by atoms with Crippen molar-refractivity contribution in [1.29, 1.82) is 0 Å². The zero-order chi connectivity index (χ0) is 12.3. The Balaban J connectivity index is 0.000000284. The maximum absolute atomic E-state index is 2.37. The van der Waals surface area contributed by atoms with Crippen molar-refractivity contribution in [2.75, 3.05) is 0 Å². The predicted molar refractivity (Wildman–Crippen MR) is 79.2 cm³/mol. The van der Waals surface area contributed by atoms with Gasteiger partial charge in [0.05, 0.1) is 0 Å². The Labute approximate surface area is 112 Å². The zero-order valence-corrected chi connectivity index (χ0v) is 12.9. The second kappa shape index (κ2) is 7.49. The Hall–Kier alpha value is 0.0649. The van der Waals surface area contributed by atoms with Crippen LogP contribution in [-0.4, -0.2) is 8.41 Å². The highest BCUT2D eigenvalue weighted by Crippen LogP contribution is 2.35. The van der Waals surface area contributed by atoms with E-state index in [-0.39, 0.29) is 8.41 Å². The smallest absolute Gasteiger partial charge is 0 e. The maximum Gasteiger partial charge on any atom is 0 e. The average Bonchev–Trinajstić information content (AvgIpc) is 2.58. The molecule has 0 amide bonds. The van der Waals surface area contributed by atoms with Crippen molar-refractivity contribution in [2.24, 2.45) is 35.5 Å². The van der Waals surface area contributed by atoms with Gasteiger partial charge in [0.25, 0.3) is 0 Å². The highest BCUT2D eigenvalue weighted by atomic mass is 14.3. The van der Waals surface area contributed by atoms with Crippen LogP contribution in [0.2, 0.25) is 0 Å². The average molecular weight is 235 g/mol. The van der Waals surface area contributed by atoms with Gasteiger partial charge in [0, 0.05) is 8.41 Å². The summed E-state index contributed by atoms with van der Waals surface area (Å²) in [4.78, 5) is 0. The van der Waals surface area contributed by atoms with E-state index in [0.29, 0.717) is 0 Å². The van der Waals surface area contributed by atoms with Crippen LogP contribution in [0.25, 0.3) is 0 Å². The van der Waals surface area contributed by atoms with Gasteiger partial charge in [-0.3, -0.25) is 0 Å². The van der Waals surface area contributed by atoms with Gasteiger partial charge in [0.2, 0.25) is 0 Å². The molecular formula is C16H32B. The van der Waals surface area contributed by atoms with Crippen molar-refractivity contribution in [3.05, 3.63) is 0 Å². The third kappa shape index (κ3) is 5.49. The Kier molecular flexibility index (Phi) is 7.52. The first-order valence-corrected chi connectivity index (χ1v) is 7.40. The first-order valence-electron chi connectivity index (χ1n) is 7.40. The molecule has 2 rings (SSSR count). The van der Waals surface area contributed by atoms with Gasteiger partial charge in [-0.15, -0.1) is 0 Å². The lowest BCUT2D eigenvalue weighted by Gasteiger charge is -2.04. The van der Waals surface area contributed by atoms with Gasteiger partial charge in [0.1, 0.15) is 0 Å². The number of hydrogen-bond donors (Lipinski definition) is 0. The van der Waals surface area contributed by atoms with Crippen LogP contribution in [0.4, 0.5) is 0 Å². The molecule has 1 heteroatoms. The quantitative estimate of drug-likeness (QED) is 0.518. The van der Waals surface area contributed by atoms with E-state index in [1.165, 1.54) is 25.7 Å². The summed E-state index contributed by atoms with van der Waals surface area (Å²) in [5.74, 6) is 5.96. The highest BCUT2D eigenvalue weighted by molar-refractivity contribution is 5.75. The molecule has 2 fully saturated rings. The maximum atomic E-state index is 2.37. The SMILES string of the molecule is CC1CC(C)C(C)C1.CC1CC(C)C(C)C1.[B]. The monoisotopic (exact) mass is 235 g/mol. The summed E-state index contributed by atoms with van der Waals surface area (Å²) in [6, 6.07) is 0. The van der Waals surface area contributed by atoms with Gasteiger partial charge in [0.15, 0.2) is 0 Å². The topological polar surface area (TPSA) is 0 Å². The van der Waals surface area contributed by atoms with Crippen LogP contribution < -0.4 is 0 Å². The Morgan fingerprint density at radius 3 is 0.706 bits per heavy atom. The molecule has 2 aliphatic rings. The van der Waals surface area contributed by atoms with Crippen LogP contribution in [0.15, 0.2) is 0 Å². The Morgan fingerprint density at radius 1 is 0.471 bits per heavy atom. The third-order valence-corrected chi connectivity index (χ3v) is 5.04. The molecule has 3 radical (unpaired) electrons. The predicted octanol–water partition coefficient (Wildman–Crippen LogP) is 5.00. The minimum atomic E-state index is 0. The second-order valence-electron chi connectivity index (χ2n) is 7.06. The Morgan fingerprint density at radius 2 is 0.647 bits per heavy atom. The lowest BCUT2D eigenvalue weighted by molar-refractivity contribution is 0.457. The van der Waals surface area contributed by atoms with Crippen molar-refractivity contribution in [2.45, 2.75) is 67.2 Å². The summed E-state index contributed by atoms with van der Waals surface area (Å²) in [5, 5.41) is 0. The van der Waals surface area contributed by atoms with E-state index in [1.807, 2.05) is 0 Å². The first-order chi connectivity index (χ1) is 7.40. The van der Waals surface area contributed by atoms with Crippen LogP contribution >= 0.6 is 0 Å². The molecule has 0 aromatic heterocycles. The molecule has 0 nitrogen and oxygen atoms in total. The van der Waals surface area contributed by atoms with Gasteiger partial charge in [-0.05, 0) is 61.2 Å². The van der Waals surface area contributed by atoms with Crippen LogP contribution in [0.3, 0.4) is 0 Å². The summed E-state index contributed by atoms with van der Waals surface area (Å²) in [6.45, 7) is 14.2. The second-order valence-corrected chi connectivity index (χ2v) is 7.06. The van der Waals surface area contributed by atoms with Crippen LogP contribution in [0.5, 0.6) is 0 Å². The number of hydrogen-bond acceptors (Lipinski definition) is 0. The standard InChI is InChI=1S/2C8H16.B/c2*1-6-4-7(2)8(3)5-6;/h2*6-8H,4-5H2,1-3H3;. The third-order valence-electron chi connectivity index (χ3n) is 5.04. The minimum absolute atomic E-state index is 0. The van der Waals surface area contributed by atoms with E-state index in [9.17, 15) is 0 Å². The number of rotatable bonds is 0. The molecule has 0 N–H and O–H groups in total. The van der Waals surface area contributed by atoms with Crippen molar-refractivity contribution < 1.29 is 0 Å². The van der Waals surface area contributed by atoms with Crippen LogP contribution in [0, 0.1) is 35.5 Å². The van der Waals surface area contributed by atoms with Gasteiger partial charge >= 0.3 is 0 Å². The fraction of sp³-hybridized carbons (Fsp3) is 1.00. The van der Waals surface area contributed by atoms with Crippen LogP contribution in [-0.2, 0) is 0 Å². The molecule has 0 heterocycles. The molecule has 2 aliphatic carbocycles. The largest absolute Gasteiger partial charge is 0.0625 e. The van der Waals surface area contributed by atoms with E-state index >= 15 is 0 Å². The fourth-order valence-corrected chi connectivity index (χ4v) is 3.66. The van der Waals surface area contributed by atoms with Crippen molar-refractivity contribution in [3.63, 3.8) is 0 Å². The van der Waals surface area contributed by atoms with E-state index in [4.69, 9.17) is 0 Å². The molecule has 0 aromatic rings. The fourth-order valence-electron chi connectivity index (χ4n) is 3.66. The minimum Gasteiger partial charge on any atom is -0.0625 e. The molecule has 0 bridgehead atoms. The summed E-state index contributed by atoms with van der Waals surface area (Å²) < 4.78 is 0. The molecular weight excluding hydrogens is 203 g/mol. The Bertz CT molecular complexity index is 160. The van der Waals surface area contributed by atoms with Gasteiger partial charge in [-0.2, -0.15) is 0 Å². The molecule has 0 aliphatic heterocycles. The van der Waals surface area contributed by atoms with E-state index in [0.717, 1.165) is 35.5 Å². The summed E-state index contributed by atoms with van der Waals surface area (Å²) >= 11 is 0. The highest BCUT2D eigenvalue weighted by Gasteiger charge is 2.24. The van der Waals surface area contributed by atoms with Gasteiger partial charge < -0.3 is 0 Å². The van der Waals surface area contributed by atoms with Gasteiger partial charge in [-0.25, -0.2) is 0 Å². The van der Waals surface area contributed by atoms with E-state index in [1.54, 1.807) is 0 Å². The first kappa shape index (κ1) is 17.1. The van der Waals surface area contributed by atoms with Crippen molar-refractivity contribution >= 4 is 8.41 Å². The lowest BCUT2D eigenvalue weighted by Crippen LogP contribution is -1.95. The normalized spacial score (nSPS) is 44.8. The molecule has 99 valence electrons. The van der Waals surface area contributed by atoms with Gasteiger partial charge in [-0.1, -0.05) is 41.5 Å². The summed E-state index contributed by atoms with van der Waals surface area (Å²) in [5.41, 5.74) is 0. The molecule has 2 saturated carbocycles. The molecule has 4 atom stereocenters. The lowest BCUT2D eigenvalue weighted by atomic mass is 10.0.